The molecule has 0 heterocycles. The van der Waals surface area contributed by atoms with Gasteiger partial charge in [0.15, 0.2) is 0 Å². The van der Waals surface area contributed by atoms with Crippen LogP contribution in [0.5, 0.6) is 5.75 Å². The molecule has 0 bridgehead atoms. The van der Waals surface area contributed by atoms with Gasteiger partial charge in [-0.25, -0.2) is 0 Å². The van der Waals surface area contributed by atoms with Crippen LogP contribution in [0.25, 0.3) is 0 Å². The normalized spacial score (nSPS) is 10.4. The highest BCUT2D eigenvalue weighted by molar-refractivity contribution is 5.44. The Morgan fingerprint density at radius 1 is 1.33 bits per heavy atom. The van der Waals surface area contributed by atoms with Crippen molar-refractivity contribution in [2.75, 3.05) is 26.2 Å². The van der Waals surface area contributed by atoms with Gasteiger partial charge in [0, 0.05) is 18.1 Å². The Morgan fingerprint density at radius 2 is 2.00 bits per heavy atom. The van der Waals surface area contributed by atoms with Crippen molar-refractivity contribution in [1.29, 1.82) is 0 Å². The summed E-state index contributed by atoms with van der Waals surface area (Å²) in [6, 6.07) is 4.83. The van der Waals surface area contributed by atoms with Crippen LogP contribution in [0.3, 0.4) is 0 Å². The van der Waals surface area contributed by atoms with E-state index < -0.39 is 0 Å². The monoisotopic (exact) mass is 291 g/mol. The average molecular weight is 291 g/mol. The van der Waals surface area contributed by atoms with Gasteiger partial charge in [-0.1, -0.05) is 13.2 Å². The van der Waals surface area contributed by atoms with Crippen molar-refractivity contribution in [3.63, 3.8) is 0 Å². The summed E-state index contributed by atoms with van der Waals surface area (Å²) in [6.45, 7) is 12.6. The molecule has 21 heavy (non-hydrogen) atoms. The van der Waals surface area contributed by atoms with Gasteiger partial charge in [0.1, 0.15) is 5.75 Å². The predicted octanol–water partition coefficient (Wildman–Crippen LogP) is 1.93. The van der Waals surface area contributed by atoms with E-state index >= 15 is 0 Å². The molecule has 0 fully saturated rings. The highest BCUT2D eigenvalue weighted by Gasteiger charge is 2.10. The minimum absolute atomic E-state index is 0.120. The number of hydrogen-bond acceptors (Lipinski definition) is 3. The van der Waals surface area contributed by atoms with Crippen molar-refractivity contribution in [1.82, 2.24) is 0 Å². The summed E-state index contributed by atoms with van der Waals surface area (Å²) in [4.78, 5) is 11.7. The molecule has 114 valence electrons. The van der Waals surface area contributed by atoms with E-state index in [1.54, 1.807) is 19.1 Å². The summed E-state index contributed by atoms with van der Waals surface area (Å²) in [7, 11) is 0. The SMILES string of the molecule is C=CC[NH+](CC=C)CCCOc1ccc([N+](=O)[O-])c(C)c1. The van der Waals surface area contributed by atoms with Gasteiger partial charge in [-0.15, -0.1) is 0 Å². The van der Waals surface area contributed by atoms with Crippen LogP contribution in [0.15, 0.2) is 43.5 Å². The zero-order valence-electron chi connectivity index (χ0n) is 12.5. The van der Waals surface area contributed by atoms with E-state index in [0.717, 1.165) is 26.1 Å². The Hall–Kier alpha value is -2.14. The second-order valence-electron chi connectivity index (χ2n) is 4.89. The van der Waals surface area contributed by atoms with Crippen LogP contribution >= 0.6 is 0 Å². The lowest BCUT2D eigenvalue weighted by molar-refractivity contribution is -0.888. The van der Waals surface area contributed by atoms with E-state index in [4.69, 9.17) is 4.74 Å². The van der Waals surface area contributed by atoms with E-state index in [1.807, 2.05) is 12.2 Å². The molecular formula is C16H23N2O3+. The Labute approximate surface area is 125 Å². The molecule has 1 aromatic rings. The van der Waals surface area contributed by atoms with Crippen molar-refractivity contribution < 1.29 is 14.6 Å². The smallest absolute Gasteiger partial charge is 0.272 e. The number of hydrogen-bond donors (Lipinski definition) is 1. The number of rotatable bonds is 10. The van der Waals surface area contributed by atoms with Gasteiger partial charge in [0.05, 0.1) is 31.2 Å². The molecule has 0 aliphatic heterocycles. The molecule has 0 atom stereocenters. The first-order valence-corrected chi connectivity index (χ1v) is 7.01. The molecule has 0 spiro atoms. The van der Waals surface area contributed by atoms with Gasteiger partial charge in [0.2, 0.25) is 0 Å². The summed E-state index contributed by atoms with van der Waals surface area (Å²) >= 11 is 0. The quantitative estimate of drug-likeness (QED) is 0.310. The van der Waals surface area contributed by atoms with Crippen molar-refractivity contribution >= 4 is 5.69 Å². The second-order valence-corrected chi connectivity index (χ2v) is 4.89. The molecule has 1 aromatic carbocycles. The van der Waals surface area contributed by atoms with Crippen LogP contribution < -0.4 is 9.64 Å². The van der Waals surface area contributed by atoms with Crippen LogP contribution in [0, 0.1) is 17.0 Å². The molecule has 0 saturated carbocycles. The van der Waals surface area contributed by atoms with Crippen molar-refractivity contribution in [2.45, 2.75) is 13.3 Å². The number of nitrogens with one attached hydrogen (secondary N) is 1. The number of benzene rings is 1. The lowest BCUT2D eigenvalue weighted by Gasteiger charge is -2.16. The number of nitro benzene ring substituents is 1. The number of nitrogens with zero attached hydrogens (tertiary/aromatic N) is 1. The fourth-order valence-corrected chi connectivity index (χ4v) is 2.13. The number of nitro groups is 1. The van der Waals surface area contributed by atoms with E-state index in [0.29, 0.717) is 17.9 Å². The largest absolute Gasteiger partial charge is 0.493 e. The third kappa shape index (κ3) is 5.79. The maximum Gasteiger partial charge on any atom is 0.272 e. The first-order chi connectivity index (χ1) is 10.1. The maximum atomic E-state index is 10.7. The zero-order valence-corrected chi connectivity index (χ0v) is 12.5. The molecule has 0 aliphatic rings. The molecule has 0 aliphatic carbocycles. The summed E-state index contributed by atoms with van der Waals surface area (Å²) in [5.74, 6) is 0.673. The number of ether oxygens (including phenoxy) is 1. The lowest BCUT2D eigenvalue weighted by Crippen LogP contribution is -3.11. The van der Waals surface area contributed by atoms with Crippen LogP contribution in [0.2, 0.25) is 0 Å². The Morgan fingerprint density at radius 3 is 2.52 bits per heavy atom. The molecule has 0 amide bonds. The highest BCUT2D eigenvalue weighted by Crippen LogP contribution is 2.22. The lowest BCUT2D eigenvalue weighted by atomic mass is 10.2. The fraction of sp³-hybridized carbons (Fsp3) is 0.375. The first kappa shape index (κ1) is 16.9. The molecule has 5 nitrogen and oxygen atoms in total. The minimum Gasteiger partial charge on any atom is -0.493 e. The topological polar surface area (TPSA) is 56.8 Å². The van der Waals surface area contributed by atoms with Gasteiger partial charge in [0.25, 0.3) is 5.69 Å². The van der Waals surface area contributed by atoms with Crippen LogP contribution in [0.4, 0.5) is 5.69 Å². The van der Waals surface area contributed by atoms with E-state index in [-0.39, 0.29) is 10.6 Å². The number of quaternary nitrogens is 1. The predicted molar refractivity (Wildman–Crippen MR) is 83.9 cm³/mol. The fourth-order valence-electron chi connectivity index (χ4n) is 2.13. The molecule has 1 N–H and O–H groups in total. The van der Waals surface area contributed by atoms with Gasteiger partial charge in [-0.2, -0.15) is 0 Å². The van der Waals surface area contributed by atoms with E-state index in [2.05, 4.69) is 13.2 Å². The second kappa shape index (κ2) is 8.92. The zero-order chi connectivity index (χ0) is 15.7. The molecule has 0 unspecified atom stereocenters. The van der Waals surface area contributed by atoms with E-state index in [9.17, 15) is 10.1 Å². The highest BCUT2D eigenvalue weighted by atomic mass is 16.6. The van der Waals surface area contributed by atoms with Gasteiger partial charge in [-0.3, -0.25) is 10.1 Å². The Bertz CT molecular complexity index is 490. The minimum atomic E-state index is -0.384. The summed E-state index contributed by atoms with van der Waals surface area (Å²) in [5.41, 5.74) is 0.734. The molecule has 0 saturated heterocycles. The van der Waals surface area contributed by atoms with Crippen LogP contribution in [-0.2, 0) is 0 Å². The third-order valence-electron chi connectivity index (χ3n) is 3.17. The first-order valence-electron chi connectivity index (χ1n) is 7.01. The van der Waals surface area contributed by atoms with Crippen molar-refractivity contribution in [3.8, 4) is 5.75 Å². The summed E-state index contributed by atoms with van der Waals surface area (Å²) in [6.07, 6.45) is 4.71. The van der Waals surface area contributed by atoms with Crippen LogP contribution in [-0.4, -0.2) is 31.2 Å². The van der Waals surface area contributed by atoms with Crippen molar-refractivity contribution in [3.05, 3.63) is 59.2 Å². The standard InChI is InChI=1S/C16H22N2O3/c1-4-9-17(10-5-2)11-6-12-21-15-7-8-16(18(19)20)14(3)13-15/h4-5,7-8,13H,1-2,6,9-12H2,3H3/p+1. The summed E-state index contributed by atoms with van der Waals surface area (Å²) < 4.78 is 5.64. The Balaban J connectivity index is 2.41. The number of aryl methyl sites for hydroxylation is 1. The third-order valence-corrected chi connectivity index (χ3v) is 3.17. The maximum absolute atomic E-state index is 10.7. The molecular weight excluding hydrogens is 268 g/mol. The molecule has 1 rings (SSSR count). The average Bonchev–Trinajstić information content (AvgIpc) is 2.43. The van der Waals surface area contributed by atoms with Gasteiger partial charge in [-0.05, 0) is 31.2 Å². The Kier molecular flexibility index (Phi) is 7.18. The van der Waals surface area contributed by atoms with Crippen LogP contribution in [0.1, 0.15) is 12.0 Å². The van der Waals surface area contributed by atoms with E-state index in [1.165, 1.54) is 11.0 Å². The van der Waals surface area contributed by atoms with Gasteiger partial charge >= 0.3 is 0 Å². The molecule has 5 heteroatoms. The van der Waals surface area contributed by atoms with Crippen molar-refractivity contribution in [2.24, 2.45) is 0 Å². The van der Waals surface area contributed by atoms with Gasteiger partial charge < -0.3 is 9.64 Å². The molecule has 0 aromatic heterocycles. The molecule has 0 radical (unpaired) electrons. The summed E-state index contributed by atoms with van der Waals surface area (Å²) in [5, 5.41) is 10.7.